The summed E-state index contributed by atoms with van der Waals surface area (Å²) in [4.78, 5) is 18.6. The number of H-pyrrole nitrogens is 1. The first-order valence-electron chi connectivity index (χ1n) is 6.19. The van der Waals surface area contributed by atoms with Crippen molar-refractivity contribution in [1.82, 2.24) is 9.97 Å². The second-order valence-electron chi connectivity index (χ2n) is 4.48. The van der Waals surface area contributed by atoms with Gasteiger partial charge in [0, 0.05) is 18.6 Å². The van der Waals surface area contributed by atoms with Gasteiger partial charge in [0.15, 0.2) is 0 Å². The van der Waals surface area contributed by atoms with Crippen molar-refractivity contribution in [3.8, 4) is 11.5 Å². The first kappa shape index (κ1) is 13.2. The summed E-state index contributed by atoms with van der Waals surface area (Å²) in [5.41, 5.74) is 0.101. The highest BCUT2D eigenvalue weighted by atomic mass is 35.5. The van der Waals surface area contributed by atoms with Crippen LogP contribution in [0.3, 0.4) is 0 Å². The van der Waals surface area contributed by atoms with E-state index in [2.05, 4.69) is 9.97 Å². The molecule has 1 N–H and O–H groups in total. The number of halogens is 1. The fourth-order valence-electron chi connectivity index (χ4n) is 2.18. The Kier molecular flexibility index (Phi) is 3.50. The molecule has 2 heterocycles. The number of ether oxygens (including phenoxy) is 3. The largest absolute Gasteiger partial charge is 0.497 e. The summed E-state index contributed by atoms with van der Waals surface area (Å²) >= 11 is 5.77. The smallest absolute Gasteiger partial charge is 0.263 e. The quantitative estimate of drug-likeness (QED) is 0.874. The maximum atomic E-state index is 12.1. The Labute approximate surface area is 119 Å². The van der Waals surface area contributed by atoms with Gasteiger partial charge in [0.1, 0.15) is 23.0 Å². The van der Waals surface area contributed by atoms with Gasteiger partial charge in [-0.1, -0.05) is 0 Å². The molecule has 2 aromatic rings. The number of nitrogens with zero attached hydrogens (tertiary/aromatic N) is 1. The molecule has 1 aromatic carbocycles. The summed E-state index contributed by atoms with van der Waals surface area (Å²) in [5, 5.41) is 0.396. The summed E-state index contributed by atoms with van der Waals surface area (Å²) in [7, 11) is 1.54. The summed E-state index contributed by atoms with van der Waals surface area (Å²) < 4.78 is 16.3. The molecule has 1 unspecified atom stereocenters. The zero-order chi connectivity index (χ0) is 14.1. The molecule has 0 radical (unpaired) electrons. The predicted molar refractivity (Wildman–Crippen MR) is 73.8 cm³/mol. The van der Waals surface area contributed by atoms with Crippen LogP contribution in [0.5, 0.6) is 11.5 Å². The van der Waals surface area contributed by atoms with Crippen molar-refractivity contribution < 1.29 is 14.2 Å². The molecule has 1 aliphatic rings. The molecular weight excluding hydrogens is 284 g/mol. The Morgan fingerprint density at radius 2 is 2.35 bits per heavy atom. The lowest BCUT2D eigenvalue weighted by Gasteiger charge is -2.14. The molecule has 7 heteroatoms. The number of methoxy groups -OCH3 is 1. The first-order chi connectivity index (χ1) is 9.67. The fourth-order valence-corrected chi connectivity index (χ4v) is 2.36. The molecule has 1 fully saturated rings. The van der Waals surface area contributed by atoms with Crippen LogP contribution in [0.25, 0.3) is 10.9 Å². The number of nitrogens with one attached hydrogen (secondary N) is 1. The molecule has 3 rings (SSSR count). The van der Waals surface area contributed by atoms with Crippen molar-refractivity contribution in [2.45, 2.75) is 12.5 Å². The minimum Gasteiger partial charge on any atom is -0.497 e. The van der Waals surface area contributed by atoms with Crippen molar-refractivity contribution in [3.63, 3.8) is 0 Å². The van der Waals surface area contributed by atoms with Crippen LogP contribution in [0.15, 0.2) is 16.9 Å². The van der Waals surface area contributed by atoms with Gasteiger partial charge in [-0.3, -0.25) is 9.78 Å². The Morgan fingerprint density at radius 3 is 3.05 bits per heavy atom. The number of aromatic amines is 1. The molecule has 0 bridgehead atoms. The minimum absolute atomic E-state index is 0.0332. The monoisotopic (exact) mass is 296 g/mol. The lowest BCUT2D eigenvalue weighted by atomic mass is 10.2. The van der Waals surface area contributed by atoms with E-state index in [1.807, 2.05) is 0 Å². The van der Waals surface area contributed by atoms with Crippen molar-refractivity contribution in [2.24, 2.45) is 0 Å². The summed E-state index contributed by atoms with van der Waals surface area (Å²) in [6, 6.07) is 3.32. The SMILES string of the molecule is COc1cc(OC2CCOC2)c2c(=O)[nH]c(Cl)nc2c1. The first-order valence-corrected chi connectivity index (χ1v) is 6.57. The van der Waals surface area contributed by atoms with Gasteiger partial charge in [-0.15, -0.1) is 0 Å². The van der Waals surface area contributed by atoms with Crippen molar-refractivity contribution in [1.29, 1.82) is 0 Å². The number of rotatable bonds is 3. The highest BCUT2D eigenvalue weighted by Gasteiger charge is 2.20. The summed E-state index contributed by atoms with van der Waals surface area (Å²) in [6.07, 6.45) is 0.720. The average molecular weight is 297 g/mol. The molecule has 1 aromatic heterocycles. The van der Waals surface area contributed by atoms with Crippen LogP contribution in [0.4, 0.5) is 0 Å². The maximum Gasteiger partial charge on any atom is 0.263 e. The van der Waals surface area contributed by atoms with Gasteiger partial charge in [0.2, 0.25) is 5.28 Å². The van der Waals surface area contributed by atoms with Crippen LogP contribution in [-0.4, -0.2) is 36.4 Å². The zero-order valence-corrected chi connectivity index (χ0v) is 11.6. The number of hydrogen-bond acceptors (Lipinski definition) is 5. The summed E-state index contributed by atoms with van der Waals surface area (Å²) in [5.74, 6) is 0.987. The Bertz CT molecular complexity index is 695. The molecule has 6 nitrogen and oxygen atoms in total. The lowest BCUT2D eigenvalue weighted by molar-refractivity contribution is 0.142. The van der Waals surface area contributed by atoms with Crippen LogP contribution in [-0.2, 0) is 4.74 Å². The third-order valence-corrected chi connectivity index (χ3v) is 3.31. The lowest BCUT2D eigenvalue weighted by Crippen LogP contribution is -2.18. The number of fused-ring (bicyclic) bond motifs is 1. The minimum atomic E-state index is -0.337. The number of hydrogen-bond donors (Lipinski definition) is 1. The average Bonchev–Trinajstić information content (AvgIpc) is 2.90. The normalized spacial score (nSPS) is 18.4. The predicted octanol–water partition coefficient (Wildman–Crippen LogP) is 1.75. The second kappa shape index (κ2) is 5.30. The van der Waals surface area contributed by atoms with E-state index in [-0.39, 0.29) is 16.9 Å². The molecule has 1 saturated heterocycles. The Morgan fingerprint density at radius 1 is 1.50 bits per heavy atom. The van der Waals surface area contributed by atoms with Crippen LogP contribution < -0.4 is 15.0 Å². The van der Waals surface area contributed by atoms with Crippen LogP contribution >= 0.6 is 11.6 Å². The van der Waals surface area contributed by atoms with E-state index < -0.39 is 0 Å². The number of aromatic nitrogens is 2. The third-order valence-electron chi connectivity index (χ3n) is 3.13. The third kappa shape index (κ3) is 2.44. The molecular formula is C13H13ClN2O4. The van der Waals surface area contributed by atoms with Gasteiger partial charge < -0.3 is 14.2 Å². The van der Waals surface area contributed by atoms with Crippen LogP contribution in [0, 0.1) is 0 Å². The Hall–Kier alpha value is -1.79. The topological polar surface area (TPSA) is 73.4 Å². The molecule has 1 aliphatic heterocycles. The molecule has 0 saturated carbocycles. The molecule has 106 valence electrons. The molecule has 0 aliphatic carbocycles. The molecule has 0 amide bonds. The van der Waals surface area contributed by atoms with Gasteiger partial charge in [0.05, 0.1) is 25.8 Å². The van der Waals surface area contributed by atoms with Gasteiger partial charge in [-0.25, -0.2) is 4.98 Å². The molecule has 1 atom stereocenters. The van der Waals surface area contributed by atoms with E-state index in [4.69, 9.17) is 25.8 Å². The van der Waals surface area contributed by atoms with Gasteiger partial charge in [0.25, 0.3) is 5.56 Å². The molecule has 0 spiro atoms. The highest BCUT2D eigenvalue weighted by Crippen LogP contribution is 2.30. The van der Waals surface area contributed by atoms with Crippen molar-refractivity contribution >= 4 is 22.5 Å². The van der Waals surface area contributed by atoms with E-state index in [0.717, 1.165) is 6.42 Å². The van der Waals surface area contributed by atoms with Gasteiger partial charge in [-0.2, -0.15) is 0 Å². The van der Waals surface area contributed by atoms with Crippen LogP contribution in [0.2, 0.25) is 5.28 Å². The Balaban J connectivity index is 2.14. The van der Waals surface area contributed by atoms with Crippen LogP contribution in [0.1, 0.15) is 6.42 Å². The van der Waals surface area contributed by atoms with Crippen molar-refractivity contribution in [2.75, 3.05) is 20.3 Å². The van der Waals surface area contributed by atoms with Crippen molar-refractivity contribution in [3.05, 3.63) is 27.8 Å². The second-order valence-corrected chi connectivity index (χ2v) is 4.84. The standard InChI is InChI=1S/C13H13ClN2O4/c1-18-8-4-9-11(12(17)16-13(14)15-9)10(5-8)20-7-2-3-19-6-7/h4-5,7H,2-3,6H2,1H3,(H,15,16,17). The van der Waals surface area contributed by atoms with Gasteiger partial charge in [-0.05, 0) is 11.6 Å². The van der Waals surface area contributed by atoms with Gasteiger partial charge >= 0.3 is 0 Å². The fraction of sp³-hybridized carbons (Fsp3) is 0.385. The van der Waals surface area contributed by atoms with E-state index in [1.54, 1.807) is 19.2 Å². The van der Waals surface area contributed by atoms with E-state index in [1.165, 1.54) is 0 Å². The van der Waals surface area contributed by atoms with E-state index in [0.29, 0.717) is 35.6 Å². The van der Waals surface area contributed by atoms with E-state index in [9.17, 15) is 4.79 Å². The van der Waals surface area contributed by atoms with E-state index >= 15 is 0 Å². The summed E-state index contributed by atoms with van der Waals surface area (Å²) in [6.45, 7) is 1.17. The molecule has 20 heavy (non-hydrogen) atoms. The zero-order valence-electron chi connectivity index (χ0n) is 10.8. The maximum absolute atomic E-state index is 12.1. The highest BCUT2D eigenvalue weighted by molar-refractivity contribution is 6.28. The number of benzene rings is 1.